The summed E-state index contributed by atoms with van der Waals surface area (Å²) in [5.41, 5.74) is 5.64. The van der Waals surface area contributed by atoms with E-state index in [0.29, 0.717) is 35.0 Å². The highest BCUT2D eigenvalue weighted by Gasteiger charge is 2.44. The topological polar surface area (TPSA) is 75.8 Å². The lowest BCUT2D eigenvalue weighted by Crippen LogP contribution is -2.51. The van der Waals surface area contributed by atoms with Gasteiger partial charge in [-0.2, -0.15) is 0 Å². The summed E-state index contributed by atoms with van der Waals surface area (Å²) < 4.78 is 5.26. The molecule has 2 rings (SSSR count). The minimum atomic E-state index is -1.46. The second-order valence-corrected chi connectivity index (χ2v) is 4.83. The van der Waals surface area contributed by atoms with Gasteiger partial charge < -0.3 is 20.5 Å². The molecule has 0 amide bonds. The summed E-state index contributed by atoms with van der Waals surface area (Å²) in [5.74, 6) is -0.500. The van der Waals surface area contributed by atoms with Crippen LogP contribution >= 0.6 is 11.6 Å². The number of ether oxygens (including phenoxy) is 1. The van der Waals surface area contributed by atoms with Gasteiger partial charge in [-0.05, 0) is 18.6 Å². The predicted molar refractivity (Wildman–Crippen MR) is 69.4 cm³/mol. The molecule has 1 atom stereocenters. The summed E-state index contributed by atoms with van der Waals surface area (Å²) in [7, 11) is 3.39. The molecular formula is C12H15ClN2O3. The molecule has 1 aromatic rings. The van der Waals surface area contributed by atoms with Gasteiger partial charge in [0.1, 0.15) is 11.3 Å². The van der Waals surface area contributed by atoms with Gasteiger partial charge in [0.05, 0.1) is 12.8 Å². The SMILES string of the molecule is COc1ccc(Cl)c2c1N(C)CCC2(N)C(=O)O. The first-order valence-corrected chi connectivity index (χ1v) is 5.90. The lowest BCUT2D eigenvalue weighted by molar-refractivity contribution is -0.144. The smallest absolute Gasteiger partial charge is 0.328 e. The van der Waals surface area contributed by atoms with Gasteiger partial charge in [-0.1, -0.05) is 11.6 Å². The van der Waals surface area contributed by atoms with E-state index in [0.717, 1.165) is 0 Å². The molecule has 0 spiro atoms. The monoisotopic (exact) mass is 270 g/mol. The van der Waals surface area contributed by atoms with Crippen molar-refractivity contribution in [3.05, 3.63) is 22.7 Å². The maximum Gasteiger partial charge on any atom is 0.328 e. The average molecular weight is 271 g/mol. The van der Waals surface area contributed by atoms with E-state index in [1.54, 1.807) is 12.1 Å². The van der Waals surface area contributed by atoms with E-state index >= 15 is 0 Å². The Kier molecular flexibility index (Phi) is 3.12. The minimum Gasteiger partial charge on any atom is -0.495 e. The van der Waals surface area contributed by atoms with Gasteiger partial charge in [-0.15, -0.1) is 0 Å². The minimum absolute atomic E-state index is 0.304. The highest BCUT2D eigenvalue weighted by atomic mass is 35.5. The number of hydrogen-bond donors (Lipinski definition) is 2. The Morgan fingerprint density at radius 1 is 1.61 bits per heavy atom. The molecule has 5 nitrogen and oxygen atoms in total. The van der Waals surface area contributed by atoms with Crippen LogP contribution in [0.25, 0.3) is 0 Å². The normalized spacial score (nSPS) is 22.6. The first kappa shape index (κ1) is 13.0. The molecule has 3 N–H and O–H groups in total. The van der Waals surface area contributed by atoms with Crippen molar-refractivity contribution in [2.45, 2.75) is 12.0 Å². The predicted octanol–water partition coefficient (Wildman–Crippen LogP) is 1.43. The van der Waals surface area contributed by atoms with Gasteiger partial charge >= 0.3 is 5.97 Å². The van der Waals surface area contributed by atoms with Crippen LogP contribution in [0.4, 0.5) is 5.69 Å². The van der Waals surface area contributed by atoms with Crippen LogP contribution in [0.1, 0.15) is 12.0 Å². The van der Waals surface area contributed by atoms with Gasteiger partial charge in [-0.3, -0.25) is 0 Å². The number of halogens is 1. The van der Waals surface area contributed by atoms with E-state index in [-0.39, 0.29) is 0 Å². The van der Waals surface area contributed by atoms with Crippen molar-refractivity contribution in [1.29, 1.82) is 0 Å². The van der Waals surface area contributed by atoms with Gasteiger partial charge in [0.2, 0.25) is 0 Å². The molecule has 1 aliphatic rings. The number of fused-ring (bicyclic) bond motifs is 1. The zero-order valence-electron chi connectivity index (χ0n) is 10.2. The Balaban J connectivity index is 2.75. The van der Waals surface area contributed by atoms with E-state index in [1.165, 1.54) is 7.11 Å². The molecule has 0 radical (unpaired) electrons. The maximum atomic E-state index is 11.5. The van der Waals surface area contributed by atoms with Crippen molar-refractivity contribution in [3.63, 3.8) is 0 Å². The summed E-state index contributed by atoms with van der Waals surface area (Å²) >= 11 is 6.14. The molecule has 1 aliphatic heterocycles. The number of carboxylic acids is 1. The quantitative estimate of drug-likeness (QED) is 0.850. The highest BCUT2D eigenvalue weighted by Crippen LogP contribution is 2.45. The number of hydrogen-bond acceptors (Lipinski definition) is 4. The van der Waals surface area contributed by atoms with Gasteiger partial charge in [0, 0.05) is 24.2 Å². The van der Waals surface area contributed by atoms with Crippen LogP contribution in [-0.2, 0) is 10.3 Å². The molecule has 6 heteroatoms. The molecule has 98 valence electrons. The Bertz CT molecular complexity index is 506. The van der Waals surface area contributed by atoms with Crippen LogP contribution in [0.3, 0.4) is 0 Å². The molecule has 0 aromatic heterocycles. The molecule has 1 heterocycles. The third kappa shape index (κ3) is 1.71. The summed E-state index contributed by atoms with van der Waals surface area (Å²) in [4.78, 5) is 13.4. The summed E-state index contributed by atoms with van der Waals surface area (Å²) in [6.45, 7) is 0.534. The first-order valence-electron chi connectivity index (χ1n) is 5.52. The standard InChI is InChI=1S/C12H15ClN2O3/c1-15-6-5-12(14,11(16)17)9-7(13)3-4-8(18-2)10(9)15/h3-4H,5-6,14H2,1-2H3,(H,16,17). The Hall–Kier alpha value is -1.46. The fourth-order valence-electron chi connectivity index (χ4n) is 2.31. The molecule has 0 saturated heterocycles. The Morgan fingerprint density at radius 3 is 2.83 bits per heavy atom. The number of benzene rings is 1. The van der Waals surface area contributed by atoms with E-state index < -0.39 is 11.5 Å². The van der Waals surface area contributed by atoms with Gasteiger partial charge in [0.15, 0.2) is 0 Å². The lowest BCUT2D eigenvalue weighted by Gasteiger charge is -2.38. The number of nitrogens with two attached hydrogens (primary N) is 1. The number of rotatable bonds is 2. The number of anilines is 1. The highest BCUT2D eigenvalue weighted by molar-refractivity contribution is 6.32. The van der Waals surface area contributed by atoms with Crippen LogP contribution in [0.15, 0.2) is 12.1 Å². The van der Waals surface area contributed by atoms with Crippen molar-refractivity contribution < 1.29 is 14.6 Å². The van der Waals surface area contributed by atoms with Crippen LogP contribution in [0.5, 0.6) is 5.75 Å². The molecular weight excluding hydrogens is 256 g/mol. The number of methoxy groups -OCH3 is 1. The number of carboxylic acid groups (broad SMARTS) is 1. The first-order chi connectivity index (χ1) is 8.41. The average Bonchev–Trinajstić information content (AvgIpc) is 2.34. The zero-order valence-corrected chi connectivity index (χ0v) is 11.0. The van der Waals surface area contributed by atoms with Gasteiger partial charge in [-0.25, -0.2) is 4.79 Å². The van der Waals surface area contributed by atoms with Crippen molar-refractivity contribution in [2.75, 3.05) is 25.6 Å². The van der Waals surface area contributed by atoms with E-state index in [9.17, 15) is 9.90 Å². The molecule has 0 fully saturated rings. The lowest BCUT2D eigenvalue weighted by atomic mass is 9.82. The van der Waals surface area contributed by atoms with Crippen molar-refractivity contribution in [2.24, 2.45) is 5.73 Å². The maximum absolute atomic E-state index is 11.5. The largest absolute Gasteiger partial charge is 0.495 e. The fourth-order valence-corrected chi connectivity index (χ4v) is 2.63. The van der Waals surface area contributed by atoms with Crippen LogP contribution in [0, 0.1) is 0 Å². The second kappa shape index (κ2) is 4.33. The molecule has 18 heavy (non-hydrogen) atoms. The molecule has 0 aliphatic carbocycles. The van der Waals surface area contributed by atoms with Crippen molar-refractivity contribution >= 4 is 23.3 Å². The summed E-state index contributed by atoms with van der Waals surface area (Å²) in [6, 6.07) is 3.33. The third-order valence-corrected chi connectivity index (χ3v) is 3.68. The number of carbonyl (C=O) groups is 1. The summed E-state index contributed by atoms with van der Waals surface area (Å²) in [5, 5.41) is 9.72. The van der Waals surface area contributed by atoms with Crippen LogP contribution < -0.4 is 15.4 Å². The molecule has 0 saturated carbocycles. The Morgan fingerprint density at radius 2 is 2.28 bits per heavy atom. The van der Waals surface area contributed by atoms with Crippen molar-refractivity contribution in [1.82, 2.24) is 0 Å². The fraction of sp³-hybridized carbons (Fsp3) is 0.417. The second-order valence-electron chi connectivity index (χ2n) is 4.42. The van der Waals surface area contributed by atoms with Crippen LogP contribution in [-0.4, -0.2) is 31.8 Å². The summed E-state index contributed by atoms with van der Waals surface area (Å²) in [6.07, 6.45) is 0.304. The number of nitrogens with zero attached hydrogens (tertiary/aromatic N) is 1. The van der Waals surface area contributed by atoms with Crippen LogP contribution in [0.2, 0.25) is 5.02 Å². The molecule has 1 unspecified atom stereocenters. The van der Waals surface area contributed by atoms with E-state index in [2.05, 4.69) is 0 Å². The van der Waals surface area contributed by atoms with E-state index in [1.807, 2.05) is 11.9 Å². The number of aliphatic carboxylic acids is 1. The van der Waals surface area contributed by atoms with E-state index in [4.69, 9.17) is 22.1 Å². The zero-order chi connectivity index (χ0) is 13.5. The van der Waals surface area contributed by atoms with Gasteiger partial charge in [0.25, 0.3) is 0 Å². The molecule has 1 aromatic carbocycles. The molecule has 0 bridgehead atoms. The Labute approximate surface area is 110 Å². The van der Waals surface area contributed by atoms with Crippen molar-refractivity contribution in [3.8, 4) is 5.75 Å². The third-order valence-electron chi connectivity index (χ3n) is 3.36.